The van der Waals surface area contributed by atoms with E-state index in [9.17, 15) is 0 Å². The highest BCUT2D eigenvalue weighted by Gasteiger charge is 2.34. The van der Waals surface area contributed by atoms with Gasteiger partial charge < -0.3 is 4.52 Å². The lowest BCUT2D eigenvalue weighted by Crippen LogP contribution is -2.21. The summed E-state index contributed by atoms with van der Waals surface area (Å²) in [5.74, 6) is 1.04. The molecule has 0 aromatic rings. The van der Waals surface area contributed by atoms with E-state index in [0.29, 0.717) is 0 Å². The highest BCUT2D eigenvalue weighted by Crippen LogP contribution is 2.57. The van der Waals surface area contributed by atoms with Crippen molar-refractivity contribution in [2.75, 3.05) is 0 Å². The molecule has 0 N–H and O–H groups in total. The molecule has 0 spiro atoms. The van der Waals surface area contributed by atoms with Crippen molar-refractivity contribution in [3.05, 3.63) is 30.4 Å². The van der Waals surface area contributed by atoms with Gasteiger partial charge >= 0.3 is 0 Å². The quantitative estimate of drug-likeness (QED) is 0.578. The Morgan fingerprint density at radius 3 is 2.00 bits per heavy atom. The molecule has 0 amide bonds. The molecule has 0 aromatic heterocycles. The molecule has 3 aliphatic rings. The minimum absolute atomic E-state index is 0.285. The van der Waals surface area contributed by atoms with Crippen LogP contribution in [0, 0.1) is 6.42 Å². The Labute approximate surface area is 125 Å². The molecule has 1 nitrogen and oxygen atoms in total. The molecule has 2 saturated carbocycles. The van der Waals surface area contributed by atoms with Crippen molar-refractivity contribution in [1.82, 2.24) is 0 Å². The summed E-state index contributed by atoms with van der Waals surface area (Å²) in [4.78, 5) is 0. The third-order valence-electron chi connectivity index (χ3n) is 4.85. The zero-order valence-electron chi connectivity index (χ0n) is 12.5. The minimum atomic E-state index is -0.285. The van der Waals surface area contributed by atoms with Gasteiger partial charge in [0.1, 0.15) is 5.76 Å². The highest BCUT2D eigenvalue weighted by molar-refractivity contribution is 7.54. The standard InChI is InChI=1S/C18H27OP/c1-4-10-16(11-5-1)19-20(17-12-6-2-7-13-17)18-14-8-3-9-15-18/h1,4,10,17-18H,2-3,5-9,12-15H2. The normalized spacial score (nSPS) is 25.8. The molecule has 0 aliphatic heterocycles. The summed E-state index contributed by atoms with van der Waals surface area (Å²) >= 11 is 0. The summed E-state index contributed by atoms with van der Waals surface area (Å²) in [5, 5.41) is 0. The maximum Gasteiger partial charge on any atom is 0.109 e. The first-order valence-corrected chi connectivity index (χ1v) is 9.90. The third kappa shape index (κ3) is 3.88. The molecule has 2 radical (unpaired) electrons. The molecular formula is C18H27OP. The first kappa shape index (κ1) is 14.6. The number of hydrogen-bond acceptors (Lipinski definition) is 1. The summed E-state index contributed by atoms with van der Waals surface area (Å²) in [7, 11) is -0.285. The van der Waals surface area contributed by atoms with Gasteiger partial charge in [-0.1, -0.05) is 50.7 Å². The fourth-order valence-electron chi connectivity index (χ4n) is 3.74. The lowest BCUT2D eigenvalue weighted by atomic mass is 10.00. The fourth-order valence-corrected chi connectivity index (χ4v) is 6.73. The molecule has 3 aliphatic carbocycles. The molecule has 0 heterocycles. The highest BCUT2D eigenvalue weighted by atomic mass is 31.1. The first-order chi connectivity index (χ1) is 9.93. The molecule has 2 heteroatoms. The van der Waals surface area contributed by atoms with Gasteiger partial charge in [-0.25, -0.2) is 0 Å². The van der Waals surface area contributed by atoms with E-state index >= 15 is 0 Å². The van der Waals surface area contributed by atoms with Crippen molar-refractivity contribution in [2.45, 2.75) is 81.9 Å². The summed E-state index contributed by atoms with van der Waals surface area (Å²) in [6, 6.07) is 0. The average molecular weight is 290 g/mol. The third-order valence-corrected chi connectivity index (χ3v) is 7.73. The van der Waals surface area contributed by atoms with E-state index in [1.165, 1.54) is 64.2 Å². The Morgan fingerprint density at radius 2 is 1.50 bits per heavy atom. The van der Waals surface area contributed by atoms with Crippen LogP contribution in [0.5, 0.6) is 0 Å². The first-order valence-electron chi connectivity index (χ1n) is 8.50. The van der Waals surface area contributed by atoms with Gasteiger partial charge in [0, 0.05) is 11.3 Å². The van der Waals surface area contributed by atoms with Gasteiger partial charge in [-0.15, -0.1) is 0 Å². The van der Waals surface area contributed by atoms with Crippen LogP contribution in [0.4, 0.5) is 0 Å². The Hall–Kier alpha value is -0.290. The molecule has 110 valence electrons. The van der Waals surface area contributed by atoms with E-state index in [-0.39, 0.29) is 8.15 Å². The second-order valence-corrected chi connectivity index (χ2v) is 8.74. The van der Waals surface area contributed by atoms with Gasteiger partial charge in [-0.3, -0.25) is 0 Å². The monoisotopic (exact) mass is 290 g/mol. The van der Waals surface area contributed by atoms with E-state index in [4.69, 9.17) is 4.52 Å². The number of rotatable bonds is 4. The lowest BCUT2D eigenvalue weighted by Gasteiger charge is -2.37. The summed E-state index contributed by atoms with van der Waals surface area (Å²) in [6.45, 7) is 0. The second kappa shape index (κ2) is 7.64. The Balaban J connectivity index is 1.67. The van der Waals surface area contributed by atoms with Crippen LogP contribution in [0.3, 0.4) is 0 Å². The Bertz CT molecular complexity index is 330. The van der Waals surface area contributed by atoms with E-state index in [2.05, 4.69) is 24.6 Å². The summed E-state index contributed by atoms with van der Waals surface area (Å²) in [5.41, 5.74) is 1.71. The van der Waals surface area contributed by atoms with E-state index in [0.717, 1.165) is 23.5 Å². The van der Waals surface area contributed by atoms with Gasteiger partial charge in [0.15, 0.2) is 0 Å². The molecule has 20 heavy (non-hydrogen) atoms. The van der Waals surface area contributed by atoms with Crippen molar-refractivity contribution in [1.29, 1.82) is 0 Å². The van der Waals surface area contributed by atoms with Crippen molar-refractivity contribution >= 4 is 8.15 Å². The number of allylic oxidation sites excluding steroid dienone is 4. The average Bonchev–Trinajstić information content (AvgIpc) is 2.55. The zero-order chi connectivity index (χ0) is 13.6. The van der Waals surface area contributed by atoms with Crippen LogP contribution in [0.1, 0.15) is 70.6 Å². The van der Waals surface area contributed by atoms with Crippen LogP contribution in [-0.4, -0.2) is 11.3 Å². The van der Waals surface area contributed by atoms with E-state index < -0.39 is 0 Å². The molecule has 0 aromatic carbocycles. The van der Waals surface area contributed by atoms with Crippen LogP contribution >= 0.6 is 8.15 Å². The molecular weight excluding hydrogens is 263 g/mol. The minimum Gasteiger partial charge on any atom is -0.477 e. The second-order valence-electron chi connectivity index (χ2n) is 6.37. The lowest BCUT2D eigenvalue weighted by molar-refractivity contribution is 0.406. The summed E-state index contributed by atoms with van der Waals surface area (Å²) in [6.07, 6.45) is 24.9. The fraction of sp³-hybridized carbons (Fsp3) is 0.722. The van der Waals surface area contributed by atoms with Crippen LogP contribution in [0.25, 0.3) is 0 Å². The molecule has 0 saturated heterocycles. The molecule has 0 unspecified atom stereocenters. The van der Waals surface area contributed by atoms with Crippen molar-refractivity contribution < 1.29 is 4.52 Å². The van der Waals surface area contributed by atoms with Crippen molar-refractivity contribution in [3.8, 4) is 0 Å². The maximum absolute atomic E-state index is 6.53. The molecule has 0 bridgehead atoms. The van der Waals surface area contributed by atoms with Gasteiger partial charge in [-0.05, 0) is 38.2 Å². The predicted octanol–water partition coefficient (Wildman–Crippen LogP) is 5.99. The van der Waals surface area contributed by atoms with Gasteiger partial charge in [0.05, 0.1) is 14.6 Å². The van der Waals surface area contributed by atoms with Gasteiger partial charge in [-0.2, -0.15) is 0 Å². The van der Waals surface area contributed by atoms with E-state index in [1.54, 1.807) is 0 Å². The zero-order valence-corrected chi connectivity index (χ0v) is 13.4. The van der Waals surface area contributed by atoms with Crippen LogP contribution < -0.4 is 0 Å². The Kier molecular flexibility index (Phi) is 5.59. The molecule has 0 atom stereocenters. The van der Waals surface area contributed by atoms with E-state index in [1.807, 2.05) is 0 Å². The van der Waals surface area contributed by atoms with Crippen LogP contribution in [0.2, 0.25) is 0 Å². The Morgan fingerprint density at radius 1 is 0.900 bits per heavy atom. The van der Waals surface area contributed by atoms with Crippen LogP contribution in [-0.2, 0) is 4.52 Å². The molecule has 2 fully saturated rings. The largest absolute Gasteiger partial charge is 0.477 e. The summed E-state index contributed by atoms with van der Waals surface area (Å²) < 4.78 is 6.53. The topological polar surface area (TPSA) is 9.23 Å². The number of hydrogen-bond donors (Lipinski definition) is 0. The van der Waals surface area contributed by atoms with Gasteiger partial charge in [0.25, 0.3) is 0 Å². The molecule has 3 rings (SSSR count). The predicted molar refractivity (Wildman–Crippen MR) is 86.8 cm³/mol. The van der Waals surface area contributed by atoms with Crippen molar-refractivity contribution in [3.63, 3.8) is 0 Å². The SMILES string of the molecule is [C]1CC=CC=C1OP(C1CCCCC1)C1CCCCC1. The van der Waals surface area contributed by atoms with Gasteiger partial charge in [0.2, 0.25) is 0 Å². The smallest absolute Gasteiger partial charge is 0.109 e. The maximum atomic E-state index is 6.53. The van der Waals surface area contributed by atoms with Crippen molar-refractivity contribution in [2.24, 2.45) is 0 Å². The van der Waals surface area contributed by atoms with Crippen LogP contribution in [0.15, 0.2) is 24.0 Å².